The van der Waals surface area contributed by atoms with Crippen LogP contribution in [-0.2, 0) is 6.54 Å². The summed E-state index contributed by atoms with van der Waals surface area (Å²) < 4.78 is 0.750. The van der Waals surface area contributed by atoms with Crippen molar-refractivity contribution in [2.24, 2.45) is 0 Å². The number of hydrogen-bond acceptors (Lipinski definition) is 2. The summed E-state index contributed by atoms with van der Waals surface area (Å²) in [4.78, 5) is 0. The SMILES string of the molecule is CCCC(C)(C)NCc1cccc(Br)c1O. The highest BCUT2D eigenvalue weighted by Crippen LogP contribution is 2.27. The van der Waals surface area contributed by atoms with E-state index in [1.165, 1.54) is 0 Å². The summed E-state index contributed by atoms with van der Waals surface area (Å²) >= 11 is 3.32. The molecule has 0 aliphatic rings. The number of nitrogens with one attached hydrogen (secondary N) is 1. The van der Waals surface area contributed by atoms with Crippen molar-refractivity contribution in [2.45, 2.75) is 45.7 Å². The predicted molar refractivity (Wildman–Crippen MR) is 71.6 cm³/mol. The van der Waals surface area contributed by atoms with Crippen molar-refractivity contribution >= 4 is 15.9 Å². The Balaban J connectivity index is 2.64. The van der Waals surface area contributed by atoms with Gasteiger partial charge in [-0.25, -0.2) is 0 Å². The van der Waals surface area contributed by atoms with Crippen molar-refractivity contribution in [3.05, 3.63) is 28.2 Å². The van der Waals surface area contributed by atoms with Crippen molar-refractivity contribution < 1.29 is 5.11 Å². The van der Waals surface area contributed by atoms with Crippen LogP contribution < -0.4 is 5.32 Å². The lowest BCUT2D eigenvalue weighted by Gasteiger charge is -2.26. The standard InChI is InChI=1S/C13H20BrNO/c1-4-8-13(2,3)15-9-10-6-5-7-11(14)12(10)16/h5-7,15-16H,4,8-9H2,1-3H3. The number of hydrogen-bond donors (Lipinski definition) is 2. The minimum Gasteiger partial charge on any atom is -0.506 e. The molecule has 16 heavy (non-hydrogen) atoms. The number of phenolic OH excluding ortho intramolecular Hbond substituents is 1. The van der Waals surface area contributed by atoms with E-state index in [1.807, 2.05) is 18.2 Å². The fraction of sp³-hybridized carbons (Fsp3) is 0.538. The lowest BCUT2D eigenvalue weighted by molar-refractivity contribution is 0.352. The normalized spacial score (nSPS) is 11.8. The fourth-order valence-corrected chi connectivity index (χ4v) is 2.16. The summed E-state index contributed by atoms with van der Waals surface area (Å²) in [5.41, 5.74) is 1.04. The minimum absolute atomic E-state index is 0.115. The molecular formula is C13H20BrNO. The molecule has 0 spiro atoms. The van der Waals surface area contributed by atoms with Gasteiger partial charge in [0.25, 0.3) is 0 Å². The van der Waals surface area contributed by atoms with Crippen LogP contribution in [0.5, 0.6) is 5.75 Å². The van der Waals surface area contributed by atoms with Crippen molar-refractivity contribution in [2.75, 3.05) is 0 Å². The van der Waals surface area contributed by atoms with E-state index in [9.17, 15) is 5.11 Å². The first kappa shape index (κ1) is 13.5. The second-order valence-corrected chi connectivity index (χ2v) is 5.59. The molecule has 1 rings (SSSR count). The van der Waals surface area contributed by atoms with Gasteiger partial charge in [-0.05, 0) is 42.3 Å². The Hall–Kier alpha value is -0.540. The molecule has 0 aromatic heterocycles. The summed E-state index contributed by atoms with van der Waals surface area (Å²) in [6.07, 6.45) is 2.28. The van der Waals surface area contributed by atoms with Crippen LogP contribution in [0.15, 0.2) is 22.7 Å². The van der Waals surface area contributed by atoms with Gasteiger partial charge >= 0.3 is 0 Å². The van der Waals surface area contributed by atoms with E-state index >= 15 is 0 Å². The minimum atomic E-state index is 0.115. The second kappa shape index (κ2) is 5.69. The second-order valence-electron chi connectivity index (χ2n) is 4.74. The summed E-state index contributed by atoms with van der Waals surface area (Å²) in [5, 5.41) is 13.3. The van der Waals surface area contributed by atoms with Crippen LogP contribution in [0.3, 0.4) is 0 Å². The summed E-state index contributed by atoms with van der Waals surface area (Å²) in [7, 11) is 0. The van der Waals surface area contributed by atoms with Crippen molar-refractivity contribution in [1.29, 1.82) is 0 Å². The first-order chi connectivity index (χ1) is 7.46. The van der Waals surface area contributed by atoms with Gasteiger partial charge in [-0.3, -0.25) is 0 Å². The van der Waals surface area contributed by atoms with Gasteiger partial charge in [0.1, 0.15) is 5.75 Å². The van der Waals surface area contributed by atoms with Crippen LogP contribution in [0, 0.1) is 0 Å². The van der Waals surface area contributed by atoms with Crippen molar-refractivity contribution in [3.63, 3.8) is 0 Å². The number of aromatic hydroxyl groups is 1. The molecule has 0 atom stereocenters. The van der Waals surface area contributed by atoms with Crippen LogP contribution in [-0.4, -0.2) is 10.6 Å². The number of halogens is 1. The summed E-state index contributed by atoms with van der Waals surface area (Å²) in [5.74, 6) is 0.335. The quantitative estimate of drug-likeness (QED) is 0.862. The fourth-order valence-electron chi connectivity index (χ4n) is 1.75. The molecule has 0 heterocycles. The van der Waals surface area contributed by atoms with E-state index in [1.54, 1.807) is 0 Å². The molecule has 0 saturated carbocycles. The maximum Gasteiger partial charge on any atom is 0.134 e. The van der Waals surface area contributed by atoms with Crippen LogP contribution in [0.25, 0.3) is 0 Å². The van der Waals surface area contributed by atoms with E-state index in [2.05, 4.69) is 42.0 Å². The number of phenols is 1. The largest absolute Gasteiger partial charge is 0.506 e. The Bertz CT molecular complexity index is 350. The molecule has 2 N–H and O–H groups in total. The topological polar surface area (TPSA) is 32.3 Å². The summed E-state index contributed by atoms with van der Waals surface area (Å²) in [6.45, 7) is 7.25. The van der Waals surface area contributed by atoms with Crippen molar-refractivity contribution in [3.8, 4) is 5.75 Å². The van der Waals surface area contributed by atoms with E-state index in [0.717, 1.165) is 22.9 Å². The maximum atomic E-state index is 9.84. The van der Waals surface area contributed by atoms with Gasteiger partial charge in [-0.1, -0.05) is 25.5 Å². The number of benzene rings is 1. The van der Waals surface area contributed by atoms with E-state index in [-0.39, 0.29) is 5.54 Å². The highest BCUT2D eigenvalue weighted by Gasteiger charge is 2.16. The Morgan fingerprint density at radius 3 is 2.69 bits per heavy atom. The molecule has 90 valence electrons. The van der Waals surface area contributed by atoms with E-state index in [4.69, 9.17) is 0 Å². The summed E-state index contributed by atoms with van der Waals surface area (Å²) in [6, 6.07) is 5.72. The van der Waals surface area contributed by atoms with Gasteiger partial charge in [0.2, 0.25) is 0 Å². The maximum absolute atomic E-state index is 9.84. The smallest absolute Gasteiger partial charge is 0.134 e. The van der Waals surface area contributed by atoms with Crippen LogP contribution in [0.1, 0.15) is 39.2 Å². The van der Waals surface area contributed by atoms with Gasteiger partial charge in [-0.15, -0.1) is 0 Å². The molecule has 0 amide bonds. The van der Waals surface area contributed by atoms with Gasteiger partial charge in [0.15, 0.2) is 0 Å². The monoisotopic (exact) mass is 285 g/mol. The molecule has 3 heteroatoms. The molecule has 0 fully saturated rings. The molecule has 2 nitrogen and oxygen atoms in total. The molecule has 0 aliphatic carbocycles. The highest BCUT2D eigenvalue weighted by atomic mass is 79.9. The van der Waals surface area contributed by atoms with Crippen LogP contribution in [0.2, 0.25) is 0 Å². The van der Waals surface area contributed by atoms with Crippen LogP contribution in [0.4, 0.5) is 0 Å². The van der Waals surface area contributed by atoms with E-state index in [0.29, 0.717) is 12.3 Å². The molecule has 0 aliphatic heterocycles. The molecule has 0 saturated heterocycles. The van der Waals surface area contributed by atoms with Gasteiger partial charge in [0, 0.05) is 17.6 Å². The third kappa shape index (κ3) is 3.80. The third-order valence-electron chi connectivity index (χ3n) is 2.70. The Morgan fingerprint density at radius 1 is 1.38 bits per heavy atom. The van der Waals surface area contributed by atoms with Gasteiger partial charge < -0.3 is 10.4 Å². The zero-order valence-corrected chi connectivity index (χ0v) is 11.8. The lowest BCUT2D eigenvalue weighted by atomic mass is 9.98. The Morgan fingerprint density at radius 2 is 2.06 bits per heavy atom. The molecule has 0 unspecified atom stereocenters. The zero-order valence-electron chi connectivity index (χ0n) is 10.2. The molecule has 0 bridgehead atoms. The third-order valence-corrected chi connectivity index (χ3v) is 3.34. The van der Waals surface area contributed by atoms with Gasteiger partial charge in [-0.2, -0.15) is 0 Å². The van der Waals surface area contributed by atoms with Crippen molar-refractivity contribution in [1.82, 2.24) is 5.32 Å². The lowest BCUT2D eigenvalue weighted by Crippen LogP contribution is -2.38. The highest BCUT2D eigenvalue weighted by molar-refractivity contribution is 9.10. The molecule has 0 radical (unpaired) electrons. The average molecular weight is 286 g/mol. The first-order valence-electron chi connectivity index (χ1n) is 5.67. The number of rotatable bonds is 5. The molecular weight excluding hydrogens is 266 g/mol. The van der Waals surface area contributed by atoms with E-state index < -0.39 is 0 Å². The van der Waals surface area contributed by atoms with Gasteiger partial charge in [0.05, 0.1) is 4.47 Å². The Kier molecular flexibility index (Phi) is 4.81. The molecule has 1 aromatic rings. The first-order valence-corrected chi connectivity index (χ1v) is 6.47. The number of para-hydroxylation sites is 1. The predicted octanol–water partition coefficient (Wildman–Crippen LogP) is 3.82. The molecule has 1 aromatic carbocycles. The van der Waals surface area contributed by atoms with Crippen LogP contribution >= 0.6 is 15.9 Å². The zero-order chi connectivity index (χ0) is 12.2. The average Bonchev–Trinajstić information content (AvgIpc) is 2.20. The Labute approximate surface area is 106 Å².